The molecule has 0 bridgehead atoms. The predicted molar refractivity (Wildman–Crippen MR) is 102 cm³/mol. The maximum Gasteiger partial charge on any atom is 0.418 e. The van der Waals surface area contributed by atoms with Crippen molar-refractivity contribution in [2.24, 2.45) is 0 Å². The maximum atomic E-state index is 13.5. The SMILES string of the molecule is Cc1c(Cl)c(Nc2c([N+](=O)[O-])cc([N+](=O)[O-])cc2C(F)(F)F)c(Cl)c(C)c1Br. The van der Waals surface area contributed by atoms with Crippen LogP contribution in [0.4, 0.5) is 35.9 Å². The molecule has 0 radical (unpaired) electrons. The molecule has 0 spiro atoms. The van der Waals surface area contributed by atoms with Crippen LogP contribution >= 0.6 is 39.1 Å². The third kappa shape index (κ3) is 4.01. The average molecular weight is 503 g/mol. The Bertz CT molecular complexity index is 986. The second-order valence-electron chi connectivity index (χ2n) is 5.59. The van der Waals surface area contributed by atoms with Crippen LogP contribution in [0.3, 0.4) is 0 Å². The number of hydrogen-bond acceptors (Lipinski definition) is 5. The van der Waals surface area contributed by atoms with Crippen molar-refractivity contribution in [2.75, 3.05) is 5.32 Å². The summed E-state index contributed by atoms with van der Waals surface area (Å²) >= 11 is 15.6. The number of nitrogens with one attached hydrogen (secondary N) is 1. The summed E-state index contributed by atoms with van der Waals surface area (Å²) < 4.78 is 41.0. The molecular formula is C15H9BrCl2F3N3O4. The van der Waals surface area contributed by atoms with Crippen LogP contribution in [0, 0.1) is 34.1 Å². The van der Waals surface area contributed by atoms with E-state index in [0.29, 0.717) is 21.7 Å². The monoisotopic (exact) mass is 501 g/mol. The number of nitro groups is 2. The molecular weight excluding hydrogens is 494 g/mol. The number of nitrogens with zero attached hydrogens (tertiary/aromatic N) is 2. The van der Waals surface area contributed by atoms with E-state index in [-0.39, 0.29) is 21.8 Å². The van der Waals surface area contributed by atoms with Crippen molar-refractivity contribution in [2.45, 2.75) is 20.0 Å². The minimum Gasteiger partial charge on any atom is -0.347 e. The van der Waals surface area contributed by atoms with Crippen LogP contribution in [0.25, 0.3) is 0 Å². The van der Waals surface area contributed by atoms with Gasteiger partial charge in [-0.1, -0.05) is 39.1 Å². The Morgan fingerprint density at radius 1 is 1.00 bits per heavy atom. The zero-order chi connectivity index (χ0) is 21.5. The quantitative estimate of drug-likeness (QED) is 0.360. The maximum absolute atomic E-state index is 13.5. The molecule has 0 aliphatic rings. The first-order chi connectivity index (χ1) is 12.8. The Kier molecular flexibility index (Phi) is 6.12. The molecule has 0 aliphatic heterocycles. The molecule has 150 valence electrons. The molecule has 2 aromatic rings. The summed E-state index contributed by atoms with van der Waals surface area (Å²) in [6, 6.07) is 0.633. The molecule has 7 nitrogen and oxygen atoms in total. The molecule has 0 amide bonds. The fourth-order valence-electron chi connectivity index (χ4n) is 2.40. The van der Waals surface area contributed by atoms with Crippen LogP contribution in [-0.4, -0.2) is 9.85 Å². The van der Waals surface area contributed by atoms with E-state index in [1.165, 1.54) is 0 Å². The van der Waals surface area contributed by atoms with E-state index in [9.17, 15) is 33.4 Å². The van der Waals surface area contributed by atoms with Crippen molar-refractivity contribution in [3.63, 3.8) is 0 Å². The van der Waals surface area contributed by atoms with Gasteiger partial charge in [-0.25, -0.2) is 0 Å². The lowest BCUT2D eigenvalue weighted by Gasteiger charge is -2.19. The van der Waals surface area contributed by atoms with Gasteiger partial charge in [0, 0.05) is 10.5 Å². The third-order valence-electron chi connectivity index (χ3n) is 3.82. The van der Waals surface area contributed by atoms with Gasteiger partial charge in [0.15, 0.2) is 0 Å². The molecule has 0 saturated carbocycles. The van der Waals surface area contributed by atoms with Crippen LogP contribution in [0.15, 0.2) is 16.6 Å². The van der Waals surface area contributed by atoms with Crippen molar-refractivity contribution >= 4 is 61.9 Å². The number of rotatable bonds is 4. The first-order valence-corrected chi connectivity index (χ1v) is 8.77. The van der Waals surface area contributed by atoms with E-state index < -0.39 is 38.6 Å². The van der Waals surface area contributed by atoms with Crippen LogP contribution < -0.4 is 5.32 Å². The summed E-state index contributed by atoms with van der Waals surface area (Å²) in [6.45, 7) is 3.13. The minimum atomic E-state index is -5.13. The lowest BCUT2D eigenvalue weighted by Crippen LogP contribution is -2.12. The Morgan fingerprint density at radius 2 is 1.50 bits per heavy atom. The zero-order valence-corrected chi connectivity index (χ0v) is 17.0. The predicted octanol–water partition coefficient (Wildman–Crippen LogP) is 6.95. The first kappa shape index (κ1) is 22.2. The Morgan fingerprint density at radius 3 is 1.89 bits per heavy atom. The molecule has 0 fully saturated rings. The van der Waals surface area contributed by atoms with Crippen molar-refractivity contribution in [3.05, 3.63) is 63.6 Å². The Labute approximate surface area is 173 Å². The van der Waals surface area contributed by atoms with E-state index in [4.69, 9.17) is 23.2 Å². The molecule has 2 aromatic carbocycles. The highest BCUT2D eigenvalue weighted by Crippen LogP contribution is 2.47. The van der Waals surface area contributed by atoms with Crippen LogP contribution in [0.2, 0.25) is 10.0 Å². The van der Waals surface area contributed by atoms with Gasteiger partial charge >= 0.3 is 6.18 Å². The van der Waals surface area contributed by atoms with E-state index in [1.54, 1.807) is 13.8 Å². The molecule has 13 heteroatoms. The normalized spacial score (nSPS) is 11.4. The van der Waals surface area contributed by atoms with Gasteiger partial charge in [0.1, 0.15) is 5.69 Å². The fourth-order valence-corrected chi connectivity index (χ4v) is 3.54. The molecule has 1 N–H and O–H groups in total. The number of nitro benzene ring substituents is 2. The molecule has 28 heavy (non-hydrogen) atoms. The summed E-state index contributed by atoms with van der Waals surface area (Å²) in [5.74, 6) is 0. The number of halogens is 6. The van der Waals surface area contributed by atoms with Gasteiger partial charge in [-0.2, -0.15) is 13.2 Å². The van der Waals surface area contributed by atoms with Gasteiger partial charge in [0.2, 0.25) is 0 Å². The van der Waals surface area contributed by atoms with Crippen molar-refractivity contribution in [1.82, 2.24) is 0 Å². The molecule has 0 saturated heterocycles. The minimum absolute atomic E-state index is 0.0664. The number of hydrogen-bond donors (Lipinski definition) is 1. The molecule has 0 atom stereocenters. The first-order valence-electron chi connectivity index (χ1n) is 7.22. The molecule has 0 unspecified atom stereocenters. The summed E-state index contributed by atoms with van der Waals surface area (Å²) in [5, 5.41) is 24.4. The van der Waals surface area contributed by atoms with Gasteiger partial charge < -0.3 is 5.32 Å². The van der Waals surface area contributed by atoms with Crippen LogP contribution in [0.1, 0.15) is 16.7 Å². The smallest absolute Gasteiger partial charge is 0.347 e. The summed E-state index contributed by atoms with van der Waals surface area (Å²) in [4.78, 5) is 19.9. The molecule has 0 aliphatic carbocycles. The van der Waals surface area contributed by atoms with E-state index >= 15 is 0 Å². The fraction of sp³-hybridized carbons (Fsp3) is 0.200. The molecule has 2 rings (SSSR count). The average Bonchev–Trinajstić information content (AvgIpc) is 2.60. The molecule has 0 heterocycles. The number of non-ortho nitro benzene ring substituents is 1. The summed E-state index contributed by atoms with van der Waals surface area (Å²) in [7, 11) is 0. The topological polar surface area (TPSA) is 98.3 Å². The van der Waals surface area contributed by atoms with Gasteiger partial charge in [0.05, 0.1) is 37.2 Å². The highest BCUT2D eigenvalue weighted by atomic mass is 79.9. The van der Waals surface area contributed by atoms with Gasteiger partial charge in [0.25, 0.3) is 11.4 Å². The lowest BCUT2D eigenvalue weighted by molar-refractivity contribution is -0.394. The van der Waals surface area contributed by atoms with Gasteiger partial charge in [-0.05, 0) is 25.0 Å². The standard InChI is InChI=1S/C15H9BrCl2F3N3O4/c1-5-10(16)6(2)12(18)14(11(5)17)22-13-8(15(19,20)21)3-7(23(25)26)4-9(13)24(27)28/h3-4,22H,1-2H3. The van der Waals surface area contributed by atoms with Crippen molar-refractivity contribution < 1.29 is 23.0 Å². The number of anilines is 2. The summed E-state index contributed by atoms with van der Waals surface area (Å²) in [5.41, 5.74) is -4.15. The molecule has 0 aromatic heterocycles. The van der Waals surface area contributed by atoms with E-state index in [0.717, 1.165) is 0 Å². The number of alkyl halides is 3. The van der Waals surface area contributed by atoms with Crippen LogP contribution in [-0.2, 0) is 6.18 Å². The van der Waals surface area contributed by atoms with Crippen molar-refractivity contribution in [1.29, 1.82) is 0 Å². The second kappa shape index (κ2) is 7.72. The van der Waals surface area contributed by atoms with E-state index in [1.807, 2.05) is 0 Å². The largest absolute Gasteiger partial charge is 0.418 e. The lowest BCUT2D eigenvalue weighted by atomic mass is 10.1. The van der Waals surface area contributed by atoms with Crippen molar-refractivity contribution in [3.8, 4) is 0 Å². The third-order valence-corrected chi connectivity index (χ3v) is 5.96. The second-order valence-corrected chi connectivity index (χ2v) is 7.14. The van der Waals surface area contributed by atoms with E-state index in [2.05, 4.69) is 21.2 Å². The highest BCUT2D eigenvalue weighted by molar-refractivity contribution is 9.10. The summed E-state index contributed by atoms with van der Waals surface area (Å²) in [6.07, 6.45) is -5.13. The highest BCUT2D eigenvalue weighted by Gasteiger charge is 2.40. The van der Waals surface area contributed by atoms with Gasteiger partial charge in [-0.3, -0.25) is 20.2 Å². The van der Waals surface area contributed by atoms with Gasteiger partial charge in [-0.15, -0.1) is 0 Å². The Balaban J connectivity index is 2.87. The van der Waals surface area contributed by atoms with Crippen LogP contribution in [0.5, 0.6) is 0 Å². The Hall–Kier alpha value is -2.11. The zero-order valence-electron chi connectivity index (χ0n) is 13.9. The number of benzene rings is 2.